The van der Waals surface area contributed by atoms with E-state index in [4.69, 9.17) is 4.74 Å². The third-order valence-electron chi connectivity index (χ3n) is 1.72. The van der Waals surface area contributed by atoms with Crippen LogP contribution in [0.4, 0.5) is 0 Å². The third-order valence-corrected chi connectivity index (χ3v) is 1.72. The third kappa shape index (κ3) is 2.98. The molecule has 0 aromatic carbocycles. The van der Waals surface area contributed by atoms with Gasteiger partial charge in [0.05, 0.1) is 13.5 Å². The number of carbonyl (C=O) groups is 3. The van der Waals surface area contributed by atoms with Gasteiger partial charge in [-0.25, -0.2) is 0 Å². The standard InChI is InChI=1S/C10H9NO4/c1-15-8-2-3-11-9(5-8)10(14)4-7(13)6-12/h2-3,5-6H,4H2,1H3. The second-order valence-electron chi connectivity index (χ2n) is 2.77. The first-order valence-corrected chi connectivity index (χ1v) is 4.18. The summed E-state index contributed by atoms with van der Waals surface area (Å²) >= 11 is 0. The van der Waals surface area contributed by atoms with Gasteiger partial charge in [0.15, 0.2) is 12.1 Å². The van der Waals surface area contributed by atoms with E-state index in [2.05, 4.69) is 4.98 Å². The minimum atomic E-state index is -0.760. The Morgan fingerprint density at radius 1 is 1.53 bits per heavy atom. The minimum Gasteiger partial charge on any atom is -0.497 e. The molecule has 5 nitrogen and oxygen atoms in total. The number of rotatable bonds is 5. The summed E-state index contributed by atoms with van der Waals surface area (Å²) in [7, 11) is 1.46. The lowest BCUT2D eigenvalue weighted by Gasteiger charge is -2.01. The van der Waals surface area contributed by atoms with Crippen molar-refractivity contribution in [2.24, 2.45) is 0 Å². The molecule has 0 N–H and O–H groups in total. The molecule has 1 heterocycles. The molecule has 0 atom stereocenters. The molecule has 1 rings (SSSR count). The van der Waals surface area contributed by atoms with Gasteiger partial charge in [0.2, 0.25) is 5.78 Å². The zero-order valence-corrected chi connectivity index (χ0v) is 8.10. The minimum absolute atomic E-state index is 0.115. The number of aldehydes is 1. The molecule has 1 aromatic rings. The summed E-state index contributed by atoms with van der Waals surface area (Å²) < 4.78 is 4.89. The number of Topliss-reactive ketones (excluding diaryl/α,β-unsaturated/α-hetero) is 2. The summed E-state index contributed by atoms with van der Waals surface area (Å²) in [6.07, 6.45) is 1.07. The molecule has 15 heavy (non-hydrogen) atoms. The number of hydrogen-bond acceptors (Lipinski definition) is 5. The van der Waals surface area contributed by atoms with Crippen LogP contribution in [0, 0.1) is 0 Å². The maximum atomic E-state index is 11.4. The van der Waals surface area contributed by atoms with Crippen LogP contribution < -0.4 is 4.74 Å². The van der Waals surface area contributed by atoms with Gasteiger partial charge >= 0.3 is 0 Å². The van der Waals surface area contributed by atoms with Crippen LogP contribution in [0.15, 0.2) is 18.3 Å². The van der Waals surface area contributed by atoms with Crippen LogP contribution in [0.1, 0.15) is 16.9 Å². The van der Waals surface area contributed by atoms with Crippen LogP contribution in [0.2, 0.25) is 0 Å². The molecule has 0 aliphatic heterocycles. The highest BCUT2D eigenvalue weighted by Gasteiger charge is 2.12. The van der Waals surface area contributed by atoms with E-state index in [0.29, 0.717) is 5.75 Å². The Labute approximate surface area is 86.1 Å². The molecule has 0 radical (unpaired) electrons. The van der Waals surface area contributed by atoms with Gasteiger partial charge in [-0.15, -0.1) is 0 Å². The molecular formula is C10H9NO4. The molecule has 5 heteroatoms. The second kappa shape index (κ2) is 4.99. The topological polar surface area (TPSA) is 73.3 Å². The SMILES string of the molecule is COc1ccnc(C(=O)CC(=O)C=O)c1. The number of carbonyl (C=O) groups excluding carboxylic acids is 3. The van der Waals surface area contributed by atoms with Crippen molar-refractivity contribution in [1.82, 2.24) is 4.98 Å². The van der Waals surface area contributed by atoms with Crippen molar-refractivity contribution in [3.05, 3.63) is 24.0 Å². The van der Waals surface area contributed by atoms with Gasteiger partial charge in [-0.3, -0.25) is 19.4 Å². The van der Waals surface area contributed by atoms with E-state index < -0.39 is 18.0 Å². The average molecular weight is 207 g/mol. The molecule has 78 valence electrons. The number of aromatic nitrogens is 1. The smallest absolute Gasteiger partial charge is 0.202 e. The van der Waals surface area contributed by atoms with E-state index >= 15 is 0 Å². The number of ether oxygens (including phenoxy) is 1. The van der Waals surface area contributed by atoms with Gasteiger partial charge in [0.25, 0.3) is 0 Å². The van der Waals surface area contributed by atoms with Crippen LogP contribution in [0.25, 0.3) is 0 Å². The van der Waals surface area contributed by atoms with E-state index in [1.165, 1.54) is 19.4 Å². The summed E-state index contributed by atoms with van der Waals surface area (Å²) in [5.41, 5.74) is 0.115. The molecular weight excluding hydrogens is 198 g/mol. The van der Waals surface area contributed by atoms with Gasteiger partial charge in [0.1, 0.15) is 11.4 Å². The van der Waals surface area contributed by atoms with E-state index in [9.17, 15) is 14.4 Å². The first-order chi connectivity index (χ1) is 7.17. The van der Waals surface area contributed by atoms with Crippen molar-refractivity contribution in [2.45, 2.75) is 6.42 Å². The van der Waals surface area contributed by atoms with Crippen LogP contribution in [0.5, 0.6) is 5.75 Å². The lowest BCUT2D eigenvalue weighted by atomic mass is 10.1. The predicted molar refractivity (Wildman–Crippen MR) is 50.8 cm³/mol. The number of pyridine rings is 1. The van der Waals surface area contributed by atoms with E-state index in [-0.39, 0.29) is 12.0 Å². The molecule has 0 bridgehead atoms. The van der Waals surface area contributed by atoms with E-state index in [1.807, 2.05) is 0 Å². The lowest BCUT2D eigenvalue weighted by Crippen LogP contribution is -2.10. The first-order valence-electron chi connectivity index (χ1n) is 4.18. The normalized spacial score (nSPS) is 9.40. The maximum Gasteiger partial charge on any atom is 0.202 e. The fourth-order valence-electron chi connectivity index (χ4n) is 0.981. The Morgan fingerprint density at radius 3 is 2.87 bits per heavy atom. The Balaban J connectivity index is 2.81. The summed E-state index contributed by atoms with van der Waals surface area (Å²) in [5, 5.41) is 0. The molecule has 0 saturated carbocycles. The summed E-state index contributed by atoms with van der Waals surface area (Å²) in [6.45, 7) is 0. The zero-order chi connectivity index (χ0) is 11.3. The molecule has 0 spiro atoms. The van der Waals surface area contributed by atoms with Crippen LogP contribution in [-0.4, -0.2) is 29.9 Å². The number of hydrogen-bond donors (Lipinski definition) is 0. The highest BCUT2D eigenvalue weighted by molar-refractivity contribution is 6.31. The van der Waals surface area contributed by atoms with Crippen LogP contribution in [-0.2, 0) is 9.59 Å². The van der Waals surface area contributed by atoms with Crippen LogP contribution >= 0.6 is 0 Å². The Bertz CT molecular complexity index is 400. The van der Waals surface area contributed by atoms with E-state index in [0.717, 1.165) is 0 Å². The lowest BCUT2D eigenvalue weighted by molar-refractivity contribution is -0.129. The van der Waals surface area contributed by atoms with Crippen LogP contribution in [0.3, 0.4) is 0 Å². The predicted octanol–water partition coefficient (Wildman–Crippen LogP) is 0.431. The molecule has 0 amide bonds. The van der Waals surface area contributed by atoms with Crippen molar-refractivity contribution in [1.29, 1.82) is 0 Å². The molecule has 1 aromatic heterocycles. The monoisotopic (exact) mass is 207 g/mol. The zero-order valence-electron chi connectivity index (χ0n) is 8.10. The number of nitrogens with zero attached hydrogens (tertiary/aromatic N) is 1. The van der Waals surface area contributed by atoms with Crippen molar-refractivity contribution < 1.29 is 19.1 Å². The fraction of sp³-hybridized carbons (Fsp3) is 0.200. The number of ketones is 2. The summed E-state index contributed by atoms with van der Waals surface area (Å²) in [6, 6.07) is 3.00. The molecule has 0 aliphatic rings. The Morgan fingerprint density at radius 2 is 2.27 bits per heavy atom. The first kappa shape index (κ1) is 11.0. The fourth-order valence-corrected chi connectivity index (χ4v) is 0.981. The highest BCUT2D eigenvalue weighted by atomic mass is 16.5. The molecule has 0 aliphatic carbocycles. The number of methoxy groups -OCH3 is 1. The van der Waals surface area contributed by atoms with Crippen molar-refractivity contribution in [2.75, 3.05) is 7.11 Å². The van der Waals surface area contributed by atoms with Gasteiger partial charge in [-0.2, -0.15) is 0 Å². The average Bonchev–Trinajstić information content (AvgIpc) is 2.28. The Hall–Kier alpha value is -2.04. The molecule has 0 fully saturated rings. The van der Waals surface area contributed by atoms with Gasteiger partial charge in [-0.05, 0) is 6.07 Å². The van der Waals surface area contributed by atoms with Crippen molar-refractivity contribution in [3.63, 3.8) is 0 Å². The quantitative estimate of drug-likeness (QED) is 0.303. The van der Waals surface area contributed by atoms with Gasteiger partial charge < -0.3 is 4.74 Å². The second-order valence-corrected chi connectivity index (χ2v) is 2.77. The van der Waals surface area contributed by atoms with Gasteiger partial charge in [-0.1, -0.05) is 0 Å². The van der Waals surface area contributed by atoms with Crippen molar-refractivity contribution in [3.8, 4) is 5.75 Å². The molecule has 0 unspecified atom stereocenters. The van der Waals surface area contributed by atoms with Crippen molar-refractivity contribution >= 4 is 17.9 Å². The largest absolute Gasteiger partial charge is 0.497 e. The van der Waals surface area contributed by atoms with Gasteiger partial charge in [0, 0.05) is 12.3 Å². The Kier molecular flexibility index (Phi) is 3.68. The maximum absolute atomic E-state index is 11.4. The van der Waals surface area contributed by atoms with E-state index in [1.54, 1.807) is 6.07 Å². The highest BCUT2D eigenvalue weighted by Crippen LogP contribution is 2.11. The summed E-state index contributed by atoms with van der Waals surface area (Å²) in [5.74, 6) is -0.775. The molecule has 0 saturated heterocycles. The summed E-state index contributed by atoms with van der Waals surface area (Å²) in [4.78, 5) is 35.9.